The summed E-state index contributed by atoms with van der Waals surface area (Å²) in [6.07, 6.45) is 0. The maximum Gasteiger partial charge on any atom is 0.340 e. The number of hydrogen-bond donors (Lipinski definition) is 2. The summed E-state index contributed by atoms with van der Waals surface area (Å²) in [5.41, 5.74) is 7.61. The number of anilines is 2. The lowest BCUT2D eigenvalue weighted by atomic mass is 10.1. The van der Waals surface area contributed by atoms with Crippen LogP contribution in [-0.2, 0) is 4.74 Å². The first kappa shape index (κ1) is 15.3. The molecule has 19 heavy (non-hydrogen) atoms. The quantitative estimate of drug-likeness (QED) is 0.606. The molecule has 0 aromatic heterocycles. The lowest BCUT2D eigenvalue weighted by molar-refractivity contribution is 0.0527. The zero-order chi connectivity index (χ0) is 14.4. The number of carbonyl (C=O) groups excluding carboxylic acids is 1. The zero-order valence-corrected chi connectivity index (χ0v) is 12.1. The van der Waals surface area contributed by atoms with Gasteiger partial charge in [-0.3, -0.25) is 0 Å². The second-order valence-electron chi connectivity index (χ2n) is 4.68. The molecular weight excluding hydrogens is 242 g/mol. The standard InChI is InChI=1S/C14H23N3O2/c1-5-19-14(18)11-7-6-8-12(15)13(11)16-9-10(2)17(3)4/h6-8,10,16H,5,9,15H2,1-4H3. The number of nitrogen functional groups attached to an aromatic ring is 1. The molecule has 1 unspecified atom stereocenters. The third-order valence-electron chi connectivity index (χ3n) is 3.05. The first-order valence-electron chi connectivity index (χ1n) is 6.43. The number of hydrogen-bond acceptors (Lipinski definition) is 5. The van der Waals surface area contributed by atoms with Gasteiger partial charge in [-0.05, 0) is 40.1 Å². The average Bonchev–Trinajstić information content (AvgIpc) is 2.36. The van der Waals surface area contributed by atoms with Crippen LogP contribution in [-0.4, -0.2) is 44.2 Å². The van der Waals surface area contributed by atoms with Gasteiger partial charge in [0.1, 0.15) is 0 Å². The van der Waals surface area contributed by atoms with Crippen molar-refractivity contribution in [1.29, 1.82) is 0 Å². The zero-order valence-electron chi connectivity index (χ0n) is 12.1. The van der Waals surface area contributed by atoms with Crippen molar-refractivity contribution in [2.24, 2.45) is 0 Å². The molecule has 1 aromatic carbocycles. The molecule has 0 saturated carbocycles. The minimum Gasteiger partial charge on any atom is -0.462 e. The highest BCUT2D eigenvalue weighted by molar-refractivity contribution is 5.98. The average molecular weight is 265 g/mol. The van der Waals surface area contributed by atoms with Crippen molar-refractivity contribution < 1.29 is 9.53 Å². The molecule has 0 heterocycles. The van der Waals surface area contributed by atoms with Crippen molar-refractivity contribution >= 4 is 17.3 Å². The van der Waals surface area contributed by atoms with E-state index in [0.717, 1.165) is 0 Å². The van der Waals surface area contributed by atoms with Crippen LogP contribution in [0.1, 0.15) is 24.2 Å². The molecule has 0 aliphatic rings. The Morgan fingerprint density at radius 1 is 1.47 bits per heavy atom. The van der Waals surface area contributed by atoms with Crippen molar-refractivity contribution in [1.82, 2.24) is 4.90 Å². The Bertz CT molecular complexity index is 433. The molecule has 0 amide bonds. The van der Waals surface area contributed by atoms with Gasteiger partial charge in [0, 0.05) is 12.6 Å². The first-order chi connectivity index (χ1) is 8.97. The van der Waals surface area contributed by atoms with E-state index < -0.39 is 0 Å². The molecule has 5 nitrogen and oxygen atoms in total. The number of nitrogens with zero attached hydrogens (tertiary/aromatic N) is 1. The fraction of sp³-hybridized carbons (Fsp3) is 0.500. The van der Waals surface area contributed by atoms with Crippen molar-refractivity contribution in [3.05, 3.63) is 23.8 Å². The molecule has 0 bridgehead atoms. The van der Waals surface area contributed by atoms with Crippen LogP contribution in [0.3, 0.4) is 0 Å². The number of ether oxygens (including phenoxy) is 1. The molecule has 1 aromatic rings. The Kier molecular flexibility index (Phi) is 5.63. The number of nitrogens with one attached hydrogen (secondary N) is 1. The molecule has 0 saturated heterocycles. The van der Waals surface area contributed by atoms with E-state index in [2.05, 4.69) is 17.1 Å². The summed E-state index contributed by atoms with van der Waals surface area (Å²) in [7, 11) is 4.01. The van der Waals surface area contributed by atoms with Gasteiger partial charge in [0.05, 0.1) is 23.5 Å². The van der Waals surface area contributed by atoms with Crippen molar-refractivity contribution in [2.45, 2.75) is 19.9 Å². The predicted molar refractivity (Wildman–Crippen MR) is 78.4 cm³/mol. The molecule has 0 radical (unpaired) electrons. The topological polar surface area (TPSA) is 67.6 Å². The predicted octanol–water partition coefficient (Wildman–Crippen LogP) is 1.81. The summed E-state index contributed by atoms with van der Waals surface area (Å²) in [4.78, 5) is 14.0. The first-order valence-corrected chi connectivity index (χ1v) is 6.43. The molecule has 1 rings (SSSR count). The summed E-state index contributed by atoms with van der Waals surface area (Å²) in [6, 6.07) is 5.57. The lowest BCUT2D eigenvalue weighted by Crippen LogP contribution is -2.32. The summed E-state index contributed by atoms with van der Waals surface area (Å²) in [5, 5.41) is 3.23. The highest BCUT2D eigenvalue weighted by Crippen LogP contribution is 2.24. The van der Waals surface area contributed by atoms with E-state index in [9.17, 15) is 4.79 Å². The molecule has 0 aliphatic heterocycles. The van der Waals surface area contributed by atoms with Gasteiger partial charge in [-0.2, -0.15) is 0 Å². The Balaban J connectivity index is 2.89. The minimum atomic E-state index is -0.352. The summed E-state index contributed by atoms with van der Waals surface area (Å²) in [6.45, 7) is 4.93. The van der Waals surface area contributed by atoms with Crippen molar-refractivity contribution in [3.63, 3.8) is 0 Å². The largest absolute Gasteiger partial charge is 0.462 e. The number of para-hydroxylation sites is 1. The van der Waals surface area contributed by atoms with Crippen molar-refractivity contribution in [3.8, 4) is 0 Å². The molecule has 1 atom stereocenters. The fourth-order valence-corrected chi connectivity index (χ4v) is 1.58. The van der Waals surface area contributed by atoms with Crippen LogP contribution in [0, 0.1) is 0 Å². The Morgan fingerprint density at radius 3 is 2.74 bits per heavy atom. The van der Waals surface area contributed by atoms with Crippen LogP contribution in [0.15, 0.2) is 18.2 Å². The molecule has 0 spiro atoms. The molecular formula is C14H23N3O2. The monoisotopic (exact) mass is 265 g/mol. The number of benzene rings is 1. The van der Waals surface area contributed by atoms with E-state index in [1.807, 2.05) is 14.1 Å². The van der Waals surface area contributed by atoms with Crippen LogP contribution >= 0.6 is 0 Å². The highest BCUT2D eigenvalue weighted by atomic mass is 16.5. The highest BCUT2D eigenvalue weighted by Gasteiger charge is 2.15. The van der Waals surface area contributed by atoms with Gasteiger partial charge in [-0.25, -0.2) is 4.79 Å². The van der Waals surface area contributed by atoms with E-state index in [4.69, 9.17) is 10.5 Å². The smallest absolute Gasteiger partial charge is 0.340 e. The summed E-state index contributed by atoms with van der Waals surface area (Å²) in [5.74, 6) is -0.352. The van der Waals surface area contributed by atoms with Gasteiger partial charge in [0.25, 0.3) is 0 Å². The number of rotatable bonds is 6. The third-order valence-corrected chi connectivity index (χ3v) is 3.05. The van der Waals surface area contributed by atoms with E-state index in [1.165, 1.54) is 0 Å². The minimum absolute atomic E-state index is 0.328. The van der Waals surface area contributed by atoms with Gasteiger partial charge in [0.15, 0.2) is 0 Å². The van der Waals surface area contributed by atoms with Crippen molar-refractivity contribution in [2.75, 3.05) is 38.3 Å². The van der Waals surface area contributed by atoms with E-state index in [0.29, 0.717) is 36.1 Å². The summed E-state index contributed by atoms with van der Waals surface area (Å²) < 4.78 is 5.03. The molecule has 106 valence electrons. The van der Waals surface area contributed by atoms with Crippen LogP contribution < -0.4 is 11.1 Å². The maximum absolute atomic E-state index is 11.9. The Hall–Kier alpha value is -1.75. The molecule has 3 N–H and O–H groups in total. The number of esters is 1. The molecule has 0 aliphatic carbocycles. The summed E-state index contributed by atoms with van der Waals surface area (Å²) >= 11 is 0. The van der Waals surface area contributed by atoms with Crippen LogP contribution in [0.2, 0.25) is 0 Å². The second kappa shape index (κ2) is 6.99. The number of likely N-dealkylation sites (N-methyl/N-ethyl adjacent to an activating group) is 1. The van der Waals surface area contributed by atoms with E-state index >= 15 is 0 Å². The molecule has 0 fully saturated rings. The Labute approximate surface area is 114 Å². The van der Waals surface area contributed by atoms with Crippen LogP contribution in [0.25, 0.3) is 0 Å². The fourth-order valence-electron chi connectivity index (χ4n) is 1.58. The number of nitrogens with two attached hydrogens (primary N) is 1. The number of carbonyl (C=O) groups is 1. The Morgan fingerprint density at radius 2 is 2.16 bits per heavy atom. The van der Waals surface area contributed by atoms with Gasteiger partial charge < -0.3 is 20.7 Å². The van der Waals surface area contributed by atoms with Gasteiger partial charge in [0.2, 0.25) is 0 Å². The normalized spacial score (nSPS) is 12.3. The van der Waals surface area contributed by atoms with Gasteiger partial charge >= 0.3 is 5.97 Å². The van der Waals surface area contributed by atoms with Crippen LogP contribution in [0.5, 0.6) is 0 Å². The maximum atomic E-state index is 11.9. The second-order valence-corrected chi connectivity index (χ2v) is 4.68. The third kappa shape index (κ3) is 4.13. The van der Waals surface area contributed by atoms with Gasteiger partial charge in [-0.15, -0.1) is 0 Å². The lowest BCUT2D eigenvalue weighted by Gasteiger charge is -2.22. The van der Waals surface area contributed by atoms with E-state index in [1.54, 1.807) is 25.1 Å². The molecule has 5 heteroatoms. The van der Waals surface area contributed by atoms with Crippen LogP contribution in [0.4, 0.5) is 11.4 Å². The SMILES string of the molecule is CCOC(=O)c1cccc(N)c1NCC(C)N(C)C. The van der Waals surface area contributed by atoms with E-state index in [-0.39, 0.29) is 5.97 Å². The van der Waals surface area contributed by atoms with Gasteiger partial charge in [-0.1, -0.05) is 6.07 Å².